The van der Waals surface area contributed by atoms with Gasteiger partial charge < -0.3 is 29.5 Å². The van der Waals surface area contributed by atoms with Crippen molar-refractivity contribution in [3.8, 4) is 34.5 Å². The lowest BCUT2D eigenvalue weighted by Crippen LogP contribution is -2.44. The summed E-state index contributed by atoms with van der Waals surface area (Å²) in [6.45, 7) is 3.13. The number of phenols is 3. The van der Waals surface area contributed by atoms with Gasteiger partial charge in [-0.2, -0.15) is 0 Å². The monoisotopic (exact) mass is 386 g/mol. The van der Waals surface area contributed by atoms with Gasteiger partial charge in [0.15, 0.2) is 40.7 Å². The van der Waals surface area contributed by atoms with Crippen molar-refractivity contribution in [1.29, 1.82) is 0 Å². The number of ketones is 1. The van der Waals surface area contributed by atoms with E-state index >= 15 is 0 Å². The number of phenolic OH excluding ortho intramolecular Hbond substituents is 3. The van der Waals surface area contributed by atoms with Crippen LogP contribution in [-0.4, -0.2) is 41.6 Å². The maximum absolute atomic E-state index is 13.5. The summed E-state index contributed by atoms with van der Waals surface area (Å²) in [6.07, 6.45) is 0.551. The second-order valence-corrected chi connectivity index (χ2v) is 7.13. The largest absolute Gasteiger partial charge is 0.504 e. The Labute approximate surface area is 159 Å². The van der Waals surface area contributed by atoms with Gasteiger partial charge in [0.1, 0.15) is 5.41 Å². The van der Waals surface area contributed by atoms with Crippen LogP contribution in [0.5, 0.6) is 34.5 Å². The van der Waals surface area contributed by atoms with Crippen LogP contribution < -0.4 is 14.2 Å². The first-order valence-electron chi connectivity index (χ1n) is 8.44. The Kier molecular flexibility index (Phi) is 3.41. The van der Waals surface area contributed by atoms with Crippen molar-refractivity contribution in [2.75, 3.05) is 14.2 Å². The standard InChI is InChI=1S/C20H18O8/c1-19-12-8(7-21)5-10(26-3)15(23)17(12)28-20(19,2)13-9(18(19)25)6-11(27-4)14(22)16(13)24/h5-7,22-24H,1-4H3/t19-,20+/m0/s1. The zero-order valence-corrected chi connectivity index (χ0v) is 15.6. The molecule has 8 nitrogen and oxygen atoms in total. The van der Waals surface area contributed by atoms with E-state index in [1.165, 1.54) is 26.4 Å². The van der Waals surface area contributed by atoms with E-state index in [-0.39, 0.29) is 45.3 Å². The molecule has 1 aliphatic heterocycles. The van der Waals surface area contributed by atoms with Crippen LogP contribution in [0.1, 0.15) is 45.7 Å². The van der Waals surface area contributed by atoms with E-state index < -0.39 is 28.3 Å². The summed E-state index contributed by atoms with van der Waals surface area (Å²) in [5.74, 6) is -2.00. The van der Waals surface area contributed by atoms with Gasteiger partial charge in [-0.15, -0.1) is 0 Å². The molecule has 3 N–H and O–H groups in total. The van der Waals surface area contributed by atoms with Crippen molar-refractivity contribution in [2.24, 2.45) is 0 Å². The maximum Gasteiger partial charge on any atom is 0.201 e. The molecular formula is C20H18O8. The lowest BCUT2D eigenvalue weighted by molar-refractivity contribution is 0.0429. The first-order chi connectivity index (χ1) is 13.2. The summed E-state index contributed by atoms with van der Waals surface area (Å²) in [5.41, 5.74) is -2.45. The van der Waals surface area contributed by atoms with Gasteiger partial charge in [0, 0.05) is 16.7 Å². The molecule has 0 amide bonds. The molecule has 2 aromatic carbocycles. The lowest BCUT2D eigenvalue weighted by atomic mass is 9.69. The van der Waals surface area contributed by atoms with Crippen LogP contribution in [0.25, 0.3) is 0 Å². The molecule has 0 saturated carbocycles. The molecule has 0 saturated heterocycles. The Hall–Kier alpha value is -3.42. The number of benzene rings is 2. The smallest absolute Gasteiger partial charge is 0.201 e. The molecule has 0 fully saturated rings. The Balaban J connectivity index is 2.10. The molecule has 8 heteroatoms. The third-order valence-electron chi connectivity index (χ3n) is 5.99. The number of Topliss-reactive ketones (excluding diaryl/α,β-unsaturated/α-hetero) is 1. The minimum absolute atomic E-state index is 0.0162. The van der Waals surface area contributed by atoms with E-state index in [1.807, 2.05) is 0 Å². The fourth-order valence-electron chi connectivity index (χ4n) is 4.40. The number of aromatic hydroxyl groups is 3. The summed E-state index contributed by atoms with van der Waals surface area (Å²) in [4.78, 5) is 25.2. The molecule has 4 rings (SSSR count). The normalized spacial score (nSPS) is 24.2. The summed E-state index contributed by atoms with van der Waals surface area (Å²) < 4.78 is 16.1. The minimum atomic E-state index is -1.49. The third kappa shape index (κ3) is 1.70. The average molecular weight is 386 g/mol. The van der Waals surface area contributed by atoms with Crippen molar-refractivity contribution in [2.45, 2.75) is 24.9 Å². The van der Waals surface area contributed by atoms with Crippen molar-refractivity contribution >= 4 is 12.1 Å². The predicted octanol–water partition coefficient (Wildman–Crippen LogP) is 2.39. The van der Waals surface area contributed by atoms with Crippen LogP contribution in [0, 0.1) is 0 Å². The Morgan fingerprint density at radius 2 is 1.57 bits per heavy atom. The number of hydrogen-bond acceptors (Lipinski definition) is 8. The van der Waals surface area contributed by atoms with E-state index in [0.717, 1.165) is 0 Å². The number of ether oxygens (including phenoxy) is 3. The van der Waals surface area contributed by atoms with Crippen LogP contribution in [0.4, 0.5) is 0 Å². The number of carbonyl (C=O) groups is 2. The Morgan fingerprint density at radius 1 is 0.964 bits per heavy atom. The average Bonchev–Trinajstić information content (AvgIpc) is 3.01. The molecule has 0 unspecified atom stereocenters. The number of rotatable bonds is 3. The highest BCUT2D eigenvalue weighted by molar-refractivity contribution is 6.13. The van der Waals surface area contributed by atoms with Gasteiger partial charge in [-0.25, -0.2) is 0 Å². The van der Waals surface area contributed by atoms with Gasteiger partial charge in [0.05, 0.1) is 19.8 Å². The molecule has 0 aromatic heterocycles. The van der Waals surface area contributed by atoms with Gasteiger partial charge in [-0.1, -0.05) is 0 Å². The van der Waals surface area contributed by atoms with Crippen LogP contribution in [0.2, 0.25) is 0 Å². The second-order valence-electron chi connectivity index (χ2n) is 7.13. The third-order valence-corrected chi connectivity index (χ3v) is 5.99. The van der Waals surface area contributed by atoms with Crippen LogP contribution in [-0.2, 0) is 11.0 Å². The second kappa shape index (κ2) is 5.31. The topological polar surface area (TPSA) is 123 Å². The Bertz CT molecular complexity index is 1070. The summed E-state index contributed by atoms with van der Waals surface area (Å²) in [6, 6.07) is 2.66. The van der Waals surface area contributed by atoms with Gasteiger partial charge in [0.25, 0.3) is 0 Å². The SMILES string of the molecule is COc1cc2c(c(O)c1O)[C@@]1(C)Oc3c(O)c(OC)cc(C=O)c3[C@@]1(C)C2=O. The highest BCUT2D eigenvalue weighted by Gasteiger charge is 2.68. The number of carbonyl (C=O) groups excluding carboxylic acids is 2. The summed E-state index contributed by atoms with van der Waals surface area (Å²) in [5, 5.41) is 31.4. The van der Waals surface area contributed by atoms with Crippen LogP contribution in [0.3, 0.4) is 0 Å². The molecule has 2 aliphatic rings. The molecule has 2 aromatic rings. The molecule has 1 aliphatic carbocycles. The minimum Gasteiger partial charge on any atom is -0.504 e. The quantitative estimate of drug-likeness (QED) is 0.543. The maximum atomic E-state index is 13.5. The molecular weight excluding hydrogens is 368 g/mol. The number of methoxy groups -OCH3 is 2. The summed E-state index contributed by atoms with van der Waals surface area (Å²) in [7, 11) is 2.62. The van der Waals surface area contributed by atoms with Crippen molar-refractivity contribution in [3.63, 3.8) is 0 Å². The zero-order valence-electron chi connectivity index (χ0n) is 15.6. The van der Waals surface area contributed by atoms with Crippen molar-refractivity contribution in [1.82, 2.24) is 0 Å². The van der Waals surface area contributed by atoms with E-state index in [2.05, 4.69) is 0 Å². The fourth-order valence-corrected chi connectivity index (χ4v) is 4.40. The Morgan fingerprint density at radius 3 is 2.14 bits per heavy atom. The summed E-state index contributed by atoms with van der Waals surface area (Å²) >= 11 is 0. The number of hydrogen-bond donors (Lipinski definition) is 3. The van der Waals surface area contributed by atoms with Gasteiger partial charge >= 0.3 is 0 Å². The first kappa shape index (κ1) is 18.0. The van der Waals surface area contributed by atoms with E-state index in [9.17, 15) is 24.9 Å². The van der Waals surface area contributed by atoms with E-state index in [0.29, 0.717) is 6.29 Å². The highest BCUT2D eigenvalue weighted by Crippen LogP contribution is 2.66. The first-order valence-corrected chi connectivity index (χ1v) is 8.44. The number of fused-ring (bicyclic) bond motifs is 5. The van der Waals surface area contributed by atoms with E-state index in [1.54, 1.807) is 13.8 Å². The fraction of sp³-hybridized carbons (Fsp3) is 0.300. The molecule has 28 heavy (non-hydrogen) atoms. The van der Waals surface area contributed by atoms with Gasteiger partial charge in [0.2, 0.25) is 11.5 Å². The lowest BCUT2D eigenvalue weighted by Gasteiger charge is -2.32. The molecule has 0 spiro atoms. The van der Waals surface area contributed by atoms with Gasteiger partial charge in [-0.3, -0.25) is 9.59 Å². The van der Waals surface area contributed by atoms with Crippen molar-refractivity contribution in [3.05, 3.63) is 34.4 Å². The van der Waals surface area contributed by atoms with Gasteiger partial charge in [-0.05, 0) is 26.0 Å². The molecule has 146 valence electrons. The van der Waals surface area contributed by atoms with Crippen molar-refractivity contribution < 1.29 is 39.1 Å². The highest BCUT2D eigenvalue weighted by atomic mass is 16.5. The predicted molar refractivity (Wildman–Crippen MR) is 96.0 cm³/mol. The zero-order chi connectivity index (χ0) is 20.6. The number of aldehydes is 1. The molecule has 0 bridgehead atoms. The van der Waals surface area contributed by atoms with Crippen LogP contribution >= 0.6 is 0 Å². The van der Waals surface area contributed by atoms with Crippen LogP contribution in [0.15, 0.2) is 12.1 Å². The molecule has 1 heterocycles. The van der Waals surface area contributed by atoms with E-state index in [4.69, 9.17) is 14.2 Å². The molecule has 2 atom stereocenters. The molecule has 0 radical (unpaired) electrons.